The molecule has 3 N–H and O–H groups in total. The van der Waals surface area contributed by atoms with Gasteiger partial charge in [-0.05, 0) is 30.3 Å². The topological polar surface area (TPSA) is 68.1 Å². The van der Waals surface area contributed by atoms with Gasteiger partial charge in [-0.15, -0.1) is 0 Å². The van der Waals surface area contributed by atoms with E-state index in [1.807, 2.05) is 0 Å². The maximum atomic E-state index is 12.6. The van der Waals surface area contributed by atoms with Crippen LogP contribution < -0.4 is 10.5 Å². The lowest BCUT2D eigenvalue weighted by Gasteiger charge is -2.03. The van der Waals surface area contributed by atoms with Crippen LogP contribution in [0.4, 0.5) is 10.2 Å². The highest BCUT2D eigenvalue weighted by molar-refractivity contribution is 5.95. The van der Waals surface area contributed by atoms with Crippen LogP contribution in [-0.2, 0) is 0 Å². The minimum absolute atomic E-state index is 0.243. The number of hydrogen-bond acceptors (Lipinski definition) is 3. The molecule has 0 atom stereocenters. The van der Waals surface area contributed by atoms with Crippen LogP contribution in [0.3, 0.4) is 0 Å². The van der Waals surface area contributed by atoms with Crippen molar-refractivity contribution >= 4 is 11.8 Å². The molecule has 16 heavy (non-hydrogen) atoms. The van der Waals surface area contributed by atoms with E-state index in [1.54, 1.807) is 0 Å². The highest BCUT2D eigenvalue weighted by Crippen LogP contribution is 2.15. The first-order chi connectivity index (χ1) is 7.66. The number of aromatic nitrogens is 1. The third kappa shape index (κ3) is 2.03. The third-order valence-corrected chi connectivity index (χ3v) is 2.02. The number of halogens is 1. The van der Waals surface area contributed by atoms with Crippen molar-refractivity contribution < 1.29 is 13.9 Å². The first-order valence-corrected chi connectivity index (χ1v) is 4.57. The number of benzene rings is 1. The second kappa shape index (κ2) is 4.06. The second-order valence-corrected chi connectivity index (χ2v) is 3.15. The maximum absolute atomic E-state index is 12.6. The molecule has 2 aromatic rings. The van der Waals surface area contributed by atoms with E-state index in [4.69, 9.17) is 10.5 Å². The van der Waals surface area contributed by atoms with E-state index >= 15 is 0 Å². The monoisotopic (exact) mass is 220 g/mol. The van der Waals surface area contributed by atoms with Crippen LogP contribution in [0.15, 0.2) is 36.5 Å². The van der Waals surface area contributed by atoms with Crippen molar-refractivity contribution in [3.63, 3.8) is 0 Å². The number of aromatic amines is 1. The van der Waals surface area contributed by atoms with Crippen LogP contribution in [0.2, 0.25) is 0 Å². The molecule has 0 fully saturated rings. The van der Waals surface area contributed by atoms with Gasteiger partial charge in [0.1, 0.15) is 22.9 Å². The first kappa shape index (κ1) is 10.2. The summed E-state index contributed by atoms with van der Waals surface area (Å²) >= 11 is 0. The number of nitrogens with one attached hydrogen (secondary N) is 1. The molecule has 0 amide bonds. The van der Waals surface area contributed by atoms with Crippen molar-refractivity contribution in [3.05, 3.63) is 47.9 Å². The van der Waals surface area contributed by atoms with Crippen LogP contribution >= 0.6 is 0 Å². The maximum Gasteiger partial charge on any atom is 0.347 e. The molecule has 0 aliphatic rings. The Kier molecular flexibility index (Phi) is 2.59. The average Bonchev–Trinajstić information content (AvgIpc) is 2.68. The van der Waals surface area contributed by atoms with Gasteiger partial charge in [0.2, 0.25) is 0 Å². The summed E-state index contributed by atoms with van der Waals surface area (Å²) in [5, 5.41) is 0. The fourth-order valence-electron chi connectivity index (χ4n) is 1.22. The van der Waals surface area contributed by atoms with Gasteiger partial charge in [-0.1, -0.05) is 0 Å². The predicted molar refractivity (Wildman–Crippen MR) is 56.6 cm³/mol. The van der Waals surface area contributed by atoms with Crippen LogP contribution in [0, 0.1) is 5.82 Å². The quantitative estimate of drug-likeness (QED) is 0.600. The molecular weight excluding hydrogens is 211 g/mol. The summed E-state index contributed by atoms with van der Waals surface area (Å²) in [6.45, 7) is 0. The van der Waals surface area contributed by atoms with E-state index in [2.05, 4.69) is 4.98 Å². The van der Waals surface area contributed by atoms with Crippen molar-refractivity contribution in [2.45, 2.75) is 0 Å². The van der Waals surface area contributed by atoms with Crippen molar-refractivity contribution in [3.8, 4) is 5.75 Å². The number of carbonyl (C=O) groups excluding carboxylic acids is 1. The van der Waals surface area contributed by atoms with Gasteiger partial charge in [-0.25, -0.2) is 9.18 Å². The fourth-order valence-corrected chi connectivity index (χ4v) is 1.22. The summed E-state index contributed by atoms with van der Waals surface area (Å²) < 4.78 is 17.6. The summed E-state index contributed by atoms with van der Waals surface area (Å²) in [6.07, 6.45) is 1.54. The molecule has 5 heteroatoms. The molecule has 4 nitrogen and oxygen atoms in total. The molecule has 1 heterocycles. The number of H-pyrrole nitrogens is 1. The summed E-state index contributed by atoms with van der Waals surface area (Å²) in [6, 6.07) is 6.68. The Labute approximate surface area is 90.8 Å². The molecule has 0 aliphatic carbocycles. The lowest BCUT2D eigenvalue weighted by Crippen LogP contribution is -2.09. The van der Waals surface area contributed by atoms with E-state index in [1.165, 1.54) is 36.5 Å². The molecule has 0 spiro atoms. The van der Waals surface area contributed by atoms with Crippen molar-refractivity contribution in [1.82, 2.24) is 4.98 Å². The molecular formula is C11H9FN2O2. The van der Waals surface area contributed by atoms with Gasteiger partial charge in [0.05, 0.1) is 0 Å². The van der Waals surface area contributed by atoms with Gasteiger partial charge in [-0.2, -0.15) is 0 Å². The molecule has 0 saturated heterocycles. The van der Waals surface area contributed by atoms with E-state index < -0.39 is 5.97 Å². The summed E-state index contributed by atoms with van der Waals surface area (Å²) in [7, 11) is 0. The van der Waals surface area contributed by atoms with E-state index in [0.29, 0.717) is 0 Å². The van der Waals surface area contributed by atoms with E-state index in [-0.39, 0.29) is 22.9 Å². The normalized spacial score (nSPS) is 10.1. The van der Waals surface area contributed by atoms with Gasteiger partial charge in [0.25, 0.3) is 0 Å². The smallest absolute Gasteiger partial charge is 0.347 e. The second-order valence-electron chi connectivity index (χ2n) is 3.15. The van der Waals surface area contributed by atoms with Crippen LogP contribution in [0.1, 0.15) is 10.4 Å². The standard InChI is InChI=1S/C11H9FN2O2/c12-7-1-3-8(4-2-7)16-11(15)9-5-6-14-10(9)13/h1-6,14H,13H2. The van der Waals surface area contributed by atoms with Crippen LogP contribution in [-0.4, -0.2) is 11.0 Å². The van der Waals surface area contributed by atoms with E-state index in [9.17, 15) is 9.18 Å². The largest absolute Gasteiger partial charge is 0.423 e. The van der Waals surface area contributed by atoms with Crippen LogP contribution in [0.25, 0.3) is 0 Å². The molecule has 82 valence electrons. The van der Waals surface area contributed by atoms with E-state index in [0.717, 1.165) is 0 Å². The molecule has 1 aromatic carbocycles. The molecule has 2 rings (SSSR count). The minimum Gasteiger partial charge on any atom is -0.423 e. The zero-order chi connectivity index (χ0) is 11.5. The summed E-state index contributed by atoms with van der Waals surface area (Å²) in [5.41, 5.74) is 5.76. The number of hydrogen-bond donors (Lipinski definition) is 2. The van der Waals surface area contributed by atoms with Crippen molar-refractivity contribution in [1.29, 1.82) is 0 Å². The molecule has 0 unspecified atom stereocenters. The Bertz CT molecular complexity index is 505. The molecule has 1 aromatic heterocycles. The van der Waals surface area contributed by atoms with Gasteiger partial charge in [0, 0.05) is 6.20 Å². The Hall–Kier alpha value is -2.30. The zero-order valence-corrected chi connectivity index (χ0v) is 8.24. The Morgan fingerprint density at radius 3 is 2.50 bits per heavy atom. The number of nitrogens with two attached hydrogens (primary N) is 1. The lowest BCUT2D eigenvalue weighted by atomic mass is 10.3. The predicted octanol–water partition coefficient (Wildman–Crippen LogP) is 1.96. The van der Waals surface area contributed by atoms with Gasteiger partial charge < -0.3 is 15.5 Å². The molecule has 0 aliphatic heterocycles. The number of rotatable bonds is 2. The van der Waals surface area contributed by atoms with Crippen LogP contribution in [0.5, 0.6) is 5.75 Å². The first-order valence-electron chi connectivity index (χ1n) is 4.57. The molecule has 0 radical (unpaired) electrons. The van der Waals surface area contributed by atoms with Crippen molar-refractivity contribution in [2.75, 3.05) is 5.73 Å². The average molecular weight is 220 g/mol. The fraction of sp³-hybridized carbons (Fsp3) is 0. The zero-order valence-electron chi connectivity index (χ0n) is 8.24. The minimum atomic E-state index is -0.578. The Balaban J connectivity index is 2.14. The highest BCUT2D eigenvalue weighted by Gasteiger charge is 2.12. The van der Waals surface area contributed by atoms with Gasteiger partial charge in [0.15, 0.2) is 0 Å². The number of anilines is 1. The Morgan fingerprint density at radius 2 is 1.94 bits per heavy atom. The molecule has 0 bridgehead atoms. The third-order valence-electron chi connectivity index (χ3n) is 2.02. The number of esters is 1. The van der Waals surface area contributed by atoms with Gasteiger partial charge >= 0.3 is 5.97 Å². The van der Waals surface area contributed by atoms with Crippen molar-refractivity contribution in [2.24, 2.45) is 0 Å². The Morgan fingerprint density at radius 1 is 1.25 bits per heavy atom. The summed E-state index contributed by atoms with van der Waals surface area (Å²) in [4.78, 5) is 14.2. The number of nitrogen functional groups attached to an aromatic ring is 1. The molecule has 0 saturated carbocycles. The summed E-state index contributed by atoms with van der Waals surface area (Å²) in [5.74, 6) is -0.453. The SMILES string of the molecule is Nc1[nH]ccc1C(=O)Oc1ccc(F)cc1. The van der Waals surface area contributed by atoms with Gasteiger partial charge in [-0.3, -0.25) is 0 Å². The number of ether oxygens (including phenoxy) is 1. The lowest BCUT2D eigenvalue weighted by molar-refractivity contribution is 0.0736. The number of carbonyl (C=O) groups is 1. The highest BCUT2D eigenvalue weighted by atomic mass is 19.1.